The van der Waals surface area contributed by atoms with E-state index in [2.05, 4.69) is 65.4 Å². The van der Waals surface area contributed by atoms with Gasteiger partial charge in [0.05, 0.1) is 12.4 Å². The van der Waals surface area contributed by atoms with Crippen LogP contribution in [0.3, 0.4) is 0 Å². The molecule has 0 saturated heterocycles. The average molecular weight is 381 g/mol. The molecule has 1 aromatic carbocycles. The van der Waals surface area contributed by atoms with Crippen molar-refractivity contribution in [2.75, 3.05) is 5.32 Å². The van der Waals surface area contributed by atoms with Gasteiger partial charge < -0.3 is 10.3 Å². The molecule has 3 aromatic rings. The summed E-state index contributed by atoms with van der Waals surface area (Å²) < 4.78 is 0. The Balaban J connectivity index is 0.00000144. The van der Waals surface area contributed by atoms with Gasteiger partial charge in [0.1, 0.15) is 11.8 Å². The summed E-state index contributed by atoms with van der Waals surface area (Å²) in [5, 5.41) is 3.54. The standard InChI is InChI=1S/C15H14BrN5.ClH/c16-10-5-9-3-1-2-4-11(9)12(6-10)21-15-13-14(18-7-17-13)19-8-20-15;/h1-4,7-8,10,12H,5-6H2,(H2,17,18,19,20,21);1H. The highest BCUT2D eigenvalue weighted by molar-refractivity contribution is 9.09. The van der Waals surface area contributed by atoms with Gasteiger partial charge in [0.25, 0.3) is 0 Å². The fourth-order valence-corrected chi connectivity index (χ4v) is 3.66. The molecule has 0 aliphatic heterocycles. The normalized spacial score (nSPS) is 20.2. The number of nitrogens with zero attached hydrogens (tertiary/aromatic N) is 3. The number of rotatable bonds is 2. The topological polar surface area (TPSA) is 66.5 Å². The van der Waals surface area contributed by atoms with Crippen LogP contribution in [-0.4, -0.2) is 24.8 Å². The number of halogens is 2. The van der Waals surface area contributed by atoms with Crippen LogP contribution in [0.15, 0.2) is 36.9 Å². The van der Waals surface area contributed by atoms with E-state index >= 15 is 0 Å². The maximum absolute atomic E-state index is 4.36. The van der Waals surface area contributed by atoms with Crippen molar-refractivity contribution in [1.29, 1.82) is 0 Å². The summed E-state index contributed by atoms with van der Waals surface area (Å²) in [6.45, 7) is 0. The number of H-pyrrole nitrogens is 1. The summed E-state index contributed by atoms with van der Waals surface area (Å²) in [7, 11) is 0. The Kier molecular flexibility index (Phi) is 4.31. The van der Waals surface area contributed by atoms with E-state index in [1.807, 2.05) is 0 Å². The molecule has 0 bridgehead atoms. The van der Waals surface area contributed by atoms with Gasteiger partial charge in [-0.2, -0.15) is 0 Å². The fourth-order valence-electron chi connectivity index (χ4n) is 2.94. The highest BCUT2D eigenvalue weighted by Crippen LogP contribution is 2.35. The van der Waals surface area contributed by atoms with Gasteiger partial charge in [-0.25, -0.2) is 15.0 Å². The number of benzene rings is 1. The van der Waals surface area contributed by atoms with E-state index in [1.165, 1.54) is 11.1 Å². The molecule has 4 rings (SSSR count). The SMILES string of the molecule is BrC1Cc2ccccc2C(Nc2ncnc3nc[nH]c23)C1.Cl. The van der Waals surface area contributed by atoms with Crippen LogP contribution in [0.25, 0.3) is 11.2 Å². The highest BCUT2D eigenvalue weighted by Gasteiger charge is 2.26. The summed E-state index contributed by atoms with van der Waals surface area (Å²) in [5.74, 6) is 0.805. The van der Waals surface area contributed by atoms with Crippen LogP contribution in [0.1, 0.15) is 23.6 Å². The summed E-state index contributed by atoms with van der Waals surface area (Å²) in [4.78, 5) is 16.3. The first-order valence-electron chi connectivity index (χ1n) is 6.94. The van der Waals surface area contributed by atoms with Gasteiger partial charge in [-0.1, -0.05) is 40.2 Å². The summed E-state index contributed by atoms with van der Waals surface area (Å²) in [6, 6.07) is 8.81. The lowest BCUT2D eigenvalue weighted by Gasteiger charge is -2.29. The van der Waals surface area contributed by atoms with E-state index in [0.717, 1.165) is 24.2 Å². The van der Waals surface area contributed by atoms with Gasteiger partial charge in [0.2, 0.25) is 0 Å². The predicted molar refractivity (Wildman–Crippen MR) is 92.8 cm³/mol. The summed E-state index contributed by atoms with van der Waals surface area (Å²) >= 11 is 3.76. The van der Waals surface area contributed by atoms with E-state index < -0.39 is 0 Å². The van der Waals surface area contributed by atoms with Crippen molar-refractivity contribution in [3.63, 3.8) is 0 Å². The average Bonchev–Trinajstić information content (AvgIpc) is 2.96. The van der Waals surface area contributed by atoms with Crippen molar-refractivity contribution in [1.82, 2.24) is 19.9 Å². The highest BCUT2D eigenvalue weighted by atomic mass is 79.9. The molecular formula is C15H15BrClN5. The van der Waals surface area contributed by atoms with Crippen LogP contribution in [0.2, 0.25) is 0 Å². The van der Waals surface area contributed by atoms with Crippen molar-refractivity contribution in [3.8, 4) is 0 Å². The largest absolute Gasteiger partial charge is 0.361 e. The van der Waals surface area contributed by atoms with Crippen molar-refractivity contribution >= 4 is 45.3 Å². The molecule has 2 heterocycles. The number of hydrogen-bond donors (Lipinski definition) is 2. The zero-order chi connectivity index (χ0) is 14.2. The molecule has 0 radical (unpaired) electrons. The van der Waals surface area contributed by atoms with E-state index in [9.17, 15) is 0 Å². The lowest BCUT2D eigenvalue weighted by Crippen LogP contribution is -2.24. The Labute approximate surface area is 142 Å². The van der Waals surface area contributed by atoms with Crippen molar-refractivity contribution in [2.45, 2.75) is 23.7 Å². The number of fused-ring (bicyclic) bond motifs is 2. The first-order chi connectivity index (χ1) is 10.3. The van der Waals surface area contributed by atoms with Gasteiger partial charge in [-0.15, -0.1) is 12.4 Å². The number of alkyl halides is 1. The second kappa shape index (κ2) is 6.22. The first kappa shape index (κ1) is 15.2. The minimum atomic E-state index is 0. The van der Waals surface area contributed by atoms with Crippen LogP contribution in [0.5, 0.6) is 0 Å². The first-order valence-corrected chi connectivity index (χ1v) is 7.85. The second-order valence-electron chi connectivity index (χ2n) is 5.26. The third kappa shape index (κ3) is 2.68. The van der Waals surface area contributed by atoms with E-state index in [4.69, 9.17) is 0 Å². The van der Waals surface area contributed by atoms with E-state index in [0.29, 0.717) is 10.5 Å². The van der Waals surface area contributed by atoms with Gasteiger partial charge in [0, 0.05) is 4.83 Å². The van der Waals surface area contributed by atoms with Crippen molar-refractivity contribution in [3.05, 3.63) is 48.0 Å². The minimum absolute atomic E-state index is 0. The van der Waals surface area contributed by atoms with Crippen molar-refractivity contribution < 1.29 is 0 Å². The maximum atomic E-state index is 4.36. The zero-order valence-electron chi connectivity index (χ0n) is 11.7. The molecule has 0 saturated carbocycles. The molecular weight excluding hydrogens is 366 g/mol. The maximum Gasteiger partial charge on any atom is 0.182 e. The number of aromatic amines is 1. The van der Waals surface area contributed by atoms with E-state index in [-0.39, 0.29) is 18.4 Å². The molecule has 1 aliphatic rings. The zero-order valence-corrected chi connectivity index (χ0v) is 14.1. The van der Waals surface area contributed by atoms with Crippen LogP contribution < -0.4 is 5.32 Å². The molecule has 0 amide bonds. The van der Waals surface area contributed by atoms with E-state index in [1.54, 1.807) is 12.7 Å². The predicted octanol–water partition coefficient (Wildman–Crippen LogP) is 3.64. The molecule has 1 aliphatic carbocycles. The van der Waals surface area contributed by atoms with Gasteiger partial charge in [0.15, 0.2) is 11.5 Å². The summed E-state index contributed by atoms with van der Waals surface area (Å²) in [6.07, 6.45) is 5.28. The molecule has 0 spiro atoms. The Morgan fingerprint density at radius 3 is 2.95 bits per heavy atom. The molecule has 2 N–H and O–H groups in total. The molecule has 2 aromatic heterocycles. The van der Waals surface area contributed by atoms with Gasteiger partial charge in [-0.05, 0) is 24.0 Å². The lowest BCUT2D eigenvalue weighted by atomic mass is 9.87. The Morgan fingerprint density at radius 1 is 1.18 bits per heavy atom. The number of nitrogens with one attached hydrogen (secondary N) is 2. The van der Waals surface area contributed by atoms with Gasteiger partial charge >= 0.3 is 0 Å². The molecule has 7 heteroatoms. The lowest BCUT2D eigenvalue weighted by molar-refractivity contribution is 0.618. The number of anilines is 1. The number of aromatic nitrogens is 4. The minimum Gasteiger partial charge on any atom is -0.361 e. The van der Waals surface area contributed by atoms with Crippen molar-refractivity contribution in [2.24, 2.45) is 0 Å². The molecule has 0 fully saturated rings. The quantitative estimate of drug-likeness (QED) is 0.666. The van der Waals surface area contributed by atoms with Crippen LogP contribution >= 0.6 is 28.3 Å². The van der Waals surface area contributed by atoms with Crippen LogP contribution in [0, 0.1) is 0 Å². The molecule has 5 nitrogen and oxygen atoms in total. The molecule has 114 valence electrons. The van der Waals surface area contributed by atoms with Gasteiger partial charge in [-0.3, -0.25) is 0 Å². The summed E-state index contributed by atoms with van der Waals surface area (Å²) in [5.41, 5.74) is 4.27. The Morgan fingerprint density at radius 2 is 2.05 bits per heavy atom. The number of hydrogen-bond acceptors (Lipinski definition) is 4. The monoisotopic (exact) mass is 379 g/mol. The Bertz CT molecular complexity index is 790. The molecule has 2 unspecified atom stereocenters. The molecule has 22 heavy (non-hydrogen) atoms. The third-order valence-corrected chi connectivity index (χ3v) is 4.59. The van der Waals surface area contributed by atoms with Crippen LogP contribution in [0.4, 0.5) is 5.82 Å². The second-order valence-corrected chi connectivity index (χ2v) is 6.55. The number of imidazole rings is 1. The Hall–Kier alpha value is -1.66. The third-order valence-electron chi connectivity index (χ3n) is 3.90. The fraction of sp³-hybridized carbons (Fsp3) is 0.267. The smallest absolute Gasteiger partial charge is 0.182 e. The molecule has 2 atom stereocenters. The van der Waals surface area contributed by atoms with Crippen LogP contribution in [-0.2, 0) is 6.42 Å².